The summed E-state index contributed by atoms with van der Waals surface area (Å²) in [6, 6.07) is 7.53. The molecule has 1 aromatic heterocycles. The Morgan fingerprint density at radius 2 is 2.09 bits per heavy atom. The van der Waals surface area contributed by atoms with Crippen molar-refractivity contribution >= 4 is 11.6 Å². The van der Waals surface area contributed by atoms with Crippen molar-refractivity contribution in [3.05, 3.63) is 66.6 Å². The summed E-state index contributed by atoms with van der Waals surface area (Å²) in [6.07, 6.45) is 6.84. The zero-order valence-electron chi connectivity index (χ0n) is 19.5. The normalized spacial score (nSPS) is 14.9. The molecule has 0 bridgehead atoms. The number of morpholine rings is 1. The maximum Gasteiger partial charge on any atom is 0.255 e. The van der Waals surface area contributed by atoms with Gasteiger partial charge in [-0.2, -0.15) is 5.10 Å². The Morgan fingerprint density at radius 3 is 2.76 bits per heavy atom. The van der Waals surface area contributed by atoms with E-state index in [4.69, 9.17) is 14.2 Å². The lowest BCUT2D eigenvalue weighted by Crippen LogP contribution is -2.38. The number of methoxy groups -OCH3 is 1. The van der Waals surface area contributed by atoms with Gasteiger partial charge >= 0.3 is 0 Å². The standard InChI is InChI=1S/C25H32N4O4/c1-5-6-20(17-19(2)31-4)25(30)27-21-7-8-24(22(18-21)23-9-10-26-28(23)3)33-16-13-29-11-14-32-15-12-29/h5-10,17-18H,2,11-16H2,1,3-4H3,(H,27,30)/b6-5-,20-17+. The molecule has 176 valence electrons. The molecular weight excluding hydrogens is 420 g/mol. The lowest BCUT2D eigenvalue weighted by Gasteiger charge is -2.26. The topological polar surface area (TPSA) is 77.9 Å². The molecule has 2 heterocycles. The fourth-order valence-electron chi connectivity index (χ4n) is 3.49. The van der Waals surface area contributed by atoms with Crippen molar-refractivity contribution in [2.75, 3.05) is 51.9 Å². The number of nitrogens with one attached hydrogen (secondary N) is 1. The van der Waals surface area contributed by atoms with Gasteiger partial charge in [-0.15, -0.1) is 0 Å². The van der Waals surface area contributed by atoms with Gasteiger partial charge in [-0.3, -0.25) is 14.4 Å². The third-order valence-corrected chi connectivity index (χ3v) is 5.29. The van der Waals surface area contributed by atoms with Crippen molar-refractivity contribution in [3.8, 4) is 17.0 Å². The van der Waals surface area contributed by atoms with Gasteiger partial charge < -0.3 is 19.5 Å². The summed E-state index contributed by atoms with van der Waals surface area (Å²) in [6.45, 7) is 10.4. The third kappa shape index (κ3) is 6.81. The Bertz CT molecular complexity index is 1020. The molecule has 0 spiro atoms. The highest BCUT2D eigenvalue weighted by atomic mass is 16.5. The van der Waals surface area contributed by atoms with Crippen LogP contribution in [0.2, 0.25) is 0 Å². The maximum absolute atomic E-state index is 12.9. The number of aryl methyl sites for hydroxylation is 1. The Labute approximate surface area is 195 Å². The molecule has 3 rings (SSSR count). The number of hydrogen-bond donors (Lipinski definition) is 1. The second-order valence-corrected chi connectivity index (χ2v) is 7.58. The quantitative estimate of drug-likeness (QED) is 0.338. The van der Waals surface area contributed by atoms with Crippen LogP contribution >= 0.6 is 0 Å². The minimum atomic E-state index is -0.261. The van der Waals surface area contributed by atoms with Crippen LogP contribution in [0.1, 0.15) is 6.92 Å². The van der Waals surface area contributed by atoms with Gasteiger partial charge in [0.2, 0.25) is 0 Å². The number of carbonyl (C=O) groups excluding carboxylic acids is 1. The summed E-state index contributed by atoms with van der Waals surface area (Å²) in [4.78, 5) is 15.2. The van der Waals surface area contributed by atoms with Crippen LogP contribution in [-0.2, 0) is 21.3 Å². The zero-order chi connectivity index (χ0) is 23.6. The van der Waals surface area contributed by atoms with Crippen LogP contribution in [0.3, 0.4) is 0 Å². The van der Waals surface area contributed by atoms with Crippen LogP contribution < -0.4 is 10.1 Å². The fraction of sp³-hybridized carbons (Fsp3) is 0.360. The Balaban J connectivity index is 1.79. The molecule has 8 nitrogen and oxygen atoms in total. The molecule has 33 heavy (non-hydrogen) atoms. The molecule has 0 aliphatic carbocycles. The number of nitrogens with zero attached hydrogens (tertiary/aromatic N) is 3. The van der Waals surface area contributed by atoms with Crippen molar-refractivity contribution in [1.82, 2.24) is 14.7 Å². The first-order chi connectivity index (χ1) is 16.0. The van der Waals surface area contributed by atoms with E-state index in [9.17, 15) is 4.79 Å². The molecule has 0 unspecified atom stereocenters. The highest BCUT2D eigenvalue weighted by Gasteiger charge is 2.15. The molecule has 1 aliphatic rings. The van der Waals surface area contributed by atoms with Crippen LogP contribution in [0.5, 0.6) is 5.75 Å². The van der Waals surface area contributed by atoms with E-state index in [2.05, 4.69) is 21.9 Å². The summed E-state index contributed by atoms with van der Waals surface area (Å²) in [5.41, 5.74) is 2.84. The molecule has 8 heteroatoms. The van der Waals surface area contributed by atoms with Crippen LogP contribution in [-0.4, -0.2) is 67.2 Å². The molecule has 0 atom stereocenters. The number of hydrogen-bond acceptors (Lipinski definition) is 6. The van der Waals surface area contributed by atoms with Gasteiger partial charge in [-0.1, -0.05) is 18.7 Å². The lowest BCUT2D eigenvalue weighted by molar-refractivity contribution is -0.112. The summed E-state index contributed by atoms with van der Waals surface area (Å²) in [5.74, 6) is 0.878. The molecule has 0 radical (unpaired) electrons. The van der Waals surface area contributed by atoms with E-state index < -0.39 is 0 Å². The fourth-order valence-corrected chi connectivity index (χ4v) is 3.49. The number of carbonyl (C=O) groups is 1. The number of rotatable bonds is 10. The summed E-state index contributed by atoms with van der Waals surface area (Å²) < 4.78 is 18.4. The maximum atomic E-state index is 12.9. The molecule has 1 amide bonds. The molecule has 1 aromatic carbocycles. The van der Waals surface area contributed by atoms with Gasteiger partial charge in [0.05, 0.1) is 26.0 Å². The van der Waals surface area contributed by atoms with Crippen LogP contribution in [0.15, 0.2) is 66.6 Å². The van der Waals surface area contributed by atoms with Crippen LogP contribution in [0, 0.1) is 0 Å². The monoisotopic (exact) mass is 452 g/mol. The van der Waals surface area contributed by atoms with E-state index in [1.807, 2.05) is 38.2 Å². The van der Waals surface area contributed by atoms with Crippen molar-refractivity contribution in [2.24, 2.45) is 7.05 Å². The first-order valence-electron chi connectivity index (χ1n) is 11.0. The lowest BCUT2D eigenvalue weighted by atomic mass is 10.1. The van der Waals surface area contributed by atoms with Crippen LogP contribution in [0.4, 0.5) is 5.69 Å². The van der Waals surface area contributed by atoms with E-state index >= 15 is 0 Å². The number of aromatic nitrogens is 2. The second-order valence-electron chi connectivity index (χ2n) is 7.58. The minimum Gasteiger partial charge on any atom is -0.497 e. The van der Waals surface area contributed by atoms with Gasteiger partial charge in [0.1, 0.15) is 18.1 Å². The van der Waals surface area contributed by atoms with E-state index in [1.165, 1.54) is 7.11 Å². The average Bonchev–Trinajstić information content (AvgIpc) is 3.25. The van der Waals surface area contributed by atoms with Crippen molar-refractivity contribution in [3.63, 3.8) is 0 Å². The number of amides is 1. The largest absolute Gasteiger partial charge is 0.497 e. The Kier molecular flexibility index (Phi) is 8.86. The van der Waals surface area contributed by atoms with Gasteiger partial charge in [-0.05, 0) is 37.3 Å². The van der Waals surface area contributed by atoms with E-state index in [1.54, 1.807) is 29.1 Å². The number of ether oxygens (including phenoxy) is 3. The predicted molar refractivity (Wildman–Crippen MR) is 129 cm³/mol. The smallest absolute Gasteiger partial charge is 0.255 e. The highest BCUT2D eigenvalue weighted by Crippen LogP contribution is 2.32. The van der Waals surface area contributed by atoms with Gasteiger partial charge in [-0.25, -0.2) is 0 Å². The molecule has 1 fully saturated rings. The second kappa shape index (κ2) is 12.0. The summed E-state index contributed by atoms with van der Waals surface area (Å²) >= 11 is 0. The summed E-state index contributed by atoms with van der Waals surface area (Å²) in [7, 11) is 3.39. The van der Waals surface area contributed by atoms with Crippen molar-refractivity contribution in [1.29, 1.82) is 0 Å². The van der Waals surface area contributed by atoms with Gasteiger partial charge in [0.25, 0.3) is 5.91 Å². The molecule has 1 aliphatic heterocycles. The molecule has 1 N–H and O–H groups in total. The zero-order valence-corrected chi connectivity index (χ0v) is 19.5. The first-order valence-corrected chi connectivity index (χ1v) is 11.0. The highest BCUT2D eigenvalue weighted by molar-refractivity contribution is 6.06. The average molecular weight is 453 g/mol. The minimum absolute atomic E-state index is 0.261. The first kappa shape index (κ1) is 24.3. The SMILES string of the molecule is C=C(/C=C(\C=C/C)C(=O)Nc1ccc(OCCN2CCOCC2)c(-c2ccnn2C)c1)OC. The van der Waals surface area contributed by atoms with E-state index in [-0.39, 0.29) is 5.91 Å². The number of benzene rings is 1. The molecule has 2 aromatic rings. The van der Waals surface area contributed by atoms with Crippen LogP contribution in [0.25, 0.3) is 11.3 Å². The van der Waals surface area contributed by atoms with Gasteiger partial charge in [0, 0.05) is 49.7 Å². The number of allylic oxidation sites excluding steroid dienone is 2. The Hall–Kier alpha value is -3.36. The van der Waals surface area contributed by atoms with E-state index in [0.717, 1.165) is 49.9 Å². The Morgan fingerprint density at radius 1 is 1.30 bits per heavy atom. The predicted octanol–water partition coefficient (Wildman–Crippen LogP) is 3.40. The molecule has 0 saturated carbocycles. The van der Waals surface area contributed by atoms with Crippen molar-refractivity contribution < 1.29 is 19.0 Å². The van der Waals surface area contributed by atoms with Gasteiger partial charge in [0.15, 0.2) is 0 Å². The molecule has 1 saturated heterocycles. The third-order valence-electron chi connectivity index (χ3n) is 5.29. The van der Waals surface area contributed by atoms with E-state index in [0.29, 0.717) is 23.6 Å². The summed E-state index contributed by atoms with van der Waals surface area (Å²) in [5, 5.41) is 7.23. The van der Waals surface area contributed by atoms with Crippen molar-refractivity contribution in [2.45, 2.75) is 6.92 Å². The molecular formula is C25H32N4O4. The number of anilines is 1.